The minimum absolute atomic E-state index is 0.0311. The molecule has 3 aromatic carbocycles. The molecule has 38 heavy (non-hydrogen) atoms. The predicted molar refractivity (Wildman–Crippen MR) is 131 cm³/mol. The molecule has 0 aliphatic heterocycles. The lowest BCUT2D eigenvalue weighted by Crippen LogP contribution is -2.16. The van der Waals surface area contributed by atoms with E-state index in [0.29, 0.717) is 24.8 Å². The second kappa shape index (κ2) is 11.5. The van der Waals surface area contributed by atoms with Gasteiger partial charge in [0.05, 0.1) is 19.3 Å². The van der Waals surface area contributed by atoms with Crippen molar-refractivity contribution in [2.75, 3.05) is 13.2 Å². The van der Waals surface area contributed by atoms with Crippen molar-refractivity contribution in [2.24, 2.45) is 5.92 Å². The van der Waals surface area contributed by atoms with Gasteiger partial charge in [0.2, 0.25) is 11.6 Å². The zero-order valence-corrected chi connectivity index (χ0v) is 20.8. The number of hydrogen-bond donors (Lipinski definition) is 1. The van der Waals surface area contributed by atoms with E-state index in [1.54, 1.807) is 13.0 Å². The summed E-state index contributed by atoms with van der Waals surface area (Å²) >= 11 is 0. The van der Waals surface area contributed by atoms with Gasteiger partial charge in [-0.3, -0.25) is 0 Å². The Hall–Kier alpha value is -3.46. The molecule has 0 fully saturated rings. The van der Waals surface area contributed by atoms with Crippen molar-refractivity contribution < 1.29 is 40.9 Å². The topological polar surface area (TPSA) is 38.7 Å². The zero-order valence-electron chi connectivity index (χ0n) is 20.8. The van der Waals surface area contributed by atoms with E-state index in [9.17, 15) is 31.4 Å². The summed E-state index contributed by atoms with van der Waals surface area (Å²) in [5.74, 6) is -8.28. The van der Waals surface area contributed by atoms with Crippen LogP contribution in [0.2, 0.25) is 0 Å². The van der Waals surface area contributed by atoms with Crippen molar-refractivity contribution in [1.82, 2.24) is 0 Å². The predicted octanol–water partition coefficient (Wildman–Crippen LogP) is 7.90. The van der Waals surface area contributed by atoms with E-state index in [1.807, 2.05) is 0 Å². The number of halogens is 6. The Morgan fingerprint density at radius 3 is 1.84 bits per heavy atom. The van der Waals surface area contributed by atoms with Gasteiger partial charge in [0, 0.05) is 22.3 Å². The maximum absolute atomic E-state index is 14.8. The molecule has 1 aliphatic carbocycles. The van der Waals surface area contributed by atoms with Crippen LogP contribution >= 0.6 is 0 Å². The molecule has 2 atom stereocenters. The minimum Gasteiger partial charge on any atom is -0.491 e. The number of benzene rings is 3. The number of aliphatic hydroxyl groups excluding tert-OH is 1. The Kier molecular flexibility index (Phi) is 8.35. The Morgan fingerprint density at radius 2 is 1.32 bits per heavy atom. The van der Waals surface area contributed by atoms with Crippen molar-refractivity contribution in [2.45, 2.75) is 39.2 Å². The minimum atomic E-state index is -1.38. The summed E-state index contributed by atoms with van der Waals surface area (Å²) in [6.45, 7) is 3.08. The number of aliphatic hydroxyl groups is 1. The van der Waals surface area contributed by atoms with E-state index in [1.165, 1.54) is 19.1 Å². The molecule has 0 bridgehead atoms. The summed E-state index contributed by atoms with van der Waals surface area (Å²) in [7, 11) is 0. The Morgan fingerprint density at radius 1 is 0.763 bits per heavy atom. The molecule has 3 nitrogen and oxygen atoms in total. The third-order valence-corrected chi connectivity index (χ3v) is 6.59. The van der Waals surface area contributed by atoms with Crippen molar-refractivity contribution in [3.8, 4) is 22.6 Å². The van der Waals surface area contributed by atoms with E-state index >= 15 is 0 Å². The summed E-state index contributed by atoms with van der Waals surface area (Å²) in [5.41, 5.74) is -0.307. The molecule has 202 valence electrons. The molecular weight excluding hydrogens is 510 g/mol. The Balaban J connectivity index is 1.45. The van der Waals surface area contributed by atoms with Gasteiger partial charge in [0.25, 0.3) is 0 Å². The van der Waals surface area contributed by atoms with Gasteiger partial charge in [-0.25, -0.2) is 17.6 Å². The number of rotatable bonds is 8. The highest BCUT2D eigenvalue weighted by Gasteiger charge is 2.24. The normalized spacial score (nSPS) is 16.2. The standard InChI is InChI=1S/C29H26F6O3/c1-3-37-22-12-10-20(26(32)28(22)34)21-11-13-23(29(35)27(21)33)38-14-16-4-6-17(7-5-16)19-9-8-18(15(2)36)24(30)25(19)31/h6,8-13,15-16,36H,3-5,7,14H2,1-2H3. The van der Waals surface area contributed by atoms with Gasteiger partial charge in [0.15, 0.2) is 34.8 Å². The van der Waals surface area contributed by atoms with Crippen LogP contribution in [0.1, 0.15) is 50.3 Å². The maximum Gasteiger partial charge on any atom is 0.201 e. The first-order valence-corrected chi connectivity index (χ1v) is 12.2. The van der Waals surface area contributed by atoms with Crippen LogP contribution in [0.5, 0.6) is 11.5 Å². The first-order chi connectivity index (χ1) is 18.1. The SMILES string of the molecule is CCOc1ccc(-c2ccc(OCC3CC=C(c4ccc(C(C)O)c(F)c4F)CC3)c(F)c2F)c(F)c1F. The molecule has 1 N–H and O–H groups in total. The number of ether oxygens (including phenoxy) is 2. The first-order valence-electron chi connectivity index (χ1n) is 12.2. The van der Waals surface area contributed by atoms with E-state index in [-0.39, 0.29) is 41.8 Å². The van der Waals surface area contributed by atoms with Gasteiger partial charge in [0.1, 0.15) is 0 Å². The number of hydrogen-bond acceptors (Lipinski definition) is 3. The molecular formula is C29H26F6O3. The van der Waals surface area contributed by atoms with Gasteiger partial charge in [-0.05, 0) is 68.9 Å². The van der Waals surface area contributed by atoms with Gasteiger partial charge < -0.3 is 14.6 Å². The van der Waals surface area contributed by atoms with Crippen molar-refractivity contribution in [3.63, 3.8) is 0 Å². The molecule has 0 radical (unpaired) electrons. The molecule has 0 spiro atoms. The van der Waals surface area contributed by atoms with Crippen LogP contribution in [0.3, 0.4) is 0 Å². The summed E-state index contributed by atoms with van der Waals surface area (Å²) in [6, 6.07) is 7.30. The van der Waals surface area contributed by atoms with Crippen LogP contribution in [-0.4, -0.2) is 18.3 Å². The van der Waals surface area contributed by atoms with Crippen LogP contribution in [-0.2, 0) is 0 Å². The Labute approximate surface area is 216 Å². The largest absolute Gasteiger partial charge is 0.491 e. The fraction of sp³-hybridized carbons (Fsp3) is 0.310. The zero-order chi connectivity index (χ0) is 27.6. The summed E-state index contributed by atoms with van der Waals surface area (Å²) in [4.78, 5) is 0. The second-order valence-electron chi connectivity index (χ2n) is 9.10. The molecule has 0 saturated carbocycles. The monoisotopic (exact) mass is 536 g/mol. The molecule has 2 unspecified atom stereocenters. The molecule has 4 rings (SSSR count). The highest BCUT2D eigenvalue weighted by Crippen LogP contribution is 2.36. The Bertz CT molecular complexity index is 1370. The van der Waals surface area contributed by atoms with Gasteiger partial charge in [-0.1, -0.05) is 18.2 Å². The van der Waals surface area contributed by atoms with Crippen LogP contribution in [0.25, 0.3) is 16.7 Å². The molecule has 1 aliphatic rings. The average Bonchev–Trinajstić information content (AvgIpc) is 2.90. The third-order valence-electron chi connectivity index (χ3n) is 6.59. The maximum atomic E-state index is 14.8. The average molecular weight is 537 g/mol. The van der Waals surface area contributed by atoms with Gasteiger partial charge >= 0.3 is 0 Å². The lowest BCUT2D eigenvalue weighted by molar-refractivity contribution is 0.192. The van der Waals surface area contributed by atoms with Crippen LogP contribution in [0, 0.1) is 40.8 Å². The summed E-state index contributed by atoms with van der Waals surface area (Å²) < 4.78 is 97.5. The molecule has 9 heteroatoms. The van der Waals surface area contributed by atoms with Gasteiger partial charge in [-0.15, -0.1) is 0 Å². The van der Waals surface area contributed by atoms with Crippen molar-refractivity contribution in [1.29, 1.82) is 0 Å². The molecule has 0 aromatic heterocycles. The van der Waals surface area contributed by atoms with E-state index in [4.69, 9.17) is 9.47 Å². The van der Waals surface area contributed by atoms with Crippen molar-refractivity contribution in [3.05, 3.63) is 88.5 Å². The number of allylic oxidation sites excluding steroid dienone is 2. The van der Waals surface area contributed by atoms with Crippen LogP contribution < -0.4 is 9.47 Å². The fourth-order valence-corrected chi connectivity index (χ4v) is 4.49. The smallest absolute Gasteiger partial charge is 0.201 e. The van der Waals surface area contributed by atoms with Gasteiger partial charge in [-0.2, -0.15) is 8.78 Å². The van der Waals surface area contributed by atoms with E-state index < -0.39 is 52.1 Å². The highest BCUT2D eigenvalue weighted by molar-refractivity contribution is 5.68. The van der Waals surface area contributed by atoms with Crippen molar-refractivity contribution >= 4 is 5.57 Å². The molecule has 0 saturated heterocycles. The van der Waals surface area contributed by atoms with Crippen LogP contribution in [0.15, 0.2) is 42.5 Å². The molecule has 0 amide bonds. The highest BCUT2D eigenvalue weighted by atomic mass is 19.2. The molecule has 3 aromatic rings. The summed E-state index contributed by atoms with van der Waals surface area (Å²) in [6.07, 6.45) is 2.00. The first kappa shape index (κ1) is 27.6. The lowest BCUT2D eigenvalue weighted by atomic mass is 9.86. The molecule has 0 heterocycles. The second-order valence-corrected chi connectivity index (χ2v) is 9.10. The fourth-order valence-electron chi connectivity index (χ4n) is 4.49. The van der Waals surface area contributed by atoms with Crippen LogP contribution in [0.4, 0.5) is 26.3 Å². The summed E-state index contributed by atoms with van der Waals surface area (Å²) in [5, 5.41) is 9.56. The third kappa shape index (κ3) is 5.38. The van der Waals surface area contributed by atoms with E-state index in [2.05, 4.69) is 0 Å². The quantitative estimate of drug-likeness (QED) is 0.298. The lowest BCUT2D eigenvalue weighted by Gasteiger charge is -2.23. The van der Waals surface area contributed by atoms with E-state index in [0.717, 1.165) is 24.3 Å².